The largest absolute Gasteiger partial charge is 0.492 e. The summed E-state index contributed by atoms with van der Waals surface area (Å²) in [6.07, 6.45) is 7.40. The van der Waals surface area contributed by atoms with Gasteiger partial charge in [-0.15, -0.1) is 0 Å². The van der Waals surface area contributed by atoms with Crippen molar-refractivity contribution in [2.45, 2.75) is 83.4 Å². The number of hydrogen-bond acceptors (Lipinski definition) is 7. The Balaban J connectivity index is 1.32. The van der Waals surface area contributed by atoms with Gasteiger partial charge in [-0.25, -0.2) is 4.79 Å². The van der Waals surface area contributed by atoms with Crippen LogP contribution in [0, 0.1) is 5.92 Å². The van der Waals surface area contributed by atoms with Crippen LogP contribution in [0.25, 0.3) is 6.08 Å². The number of benzene rings is 1. The molecule has 0 amide bonds. The number of carbonyl (C=O) groups excluding carboxylic acids is 1. The third-order valence-electron chi connectivity index (χ3n) is 8.37. The molecule has 4 rings (SSSR count). The summed E-state index contributed by atoms with van der Waals surface area (Å²) in [4.78, 5) is 15.1. The average Bonchev–Trinajstić information content (AvgIpc) is 3.82. The topological polar surface area (TPSA) is 73.1 Å². The van der Waals surface area contributed by atoms with E-state index in [2.05, 4.69) is 45.6 Å². The van der Waals surface area contributed by atoms with Crippen molar-refractivity contribution in [2.75, 3.05) is 40.0 Å². The highest BCUT2D eigenvalue weighted by atomic mass is 16.6. The Kier molecular flexibility index (Phi) is 9.35. The summed E-state index contributed by atoms with van der Waals surface area (Å²) in [7, 11) is 1.69. The molecule has 3 aliphatic rings. The molecule has 1 aromatic rings. The second kappa shape index (κ2) is 12.3. The molecule has 0 aromatic heterocycles. The van der Waals surface area contributed by atoms with Crippen molar-refractivity contribution in [3.8, 4) is 5.75 Å². The lowest BCUT2D eigenvalue weighted by atomic mass is 9.68. The van der Waals surface area contributed by atoms with Crippen molar-refractivity contribution < 1.29 is 28.5 Å². The third-order valence-corrected chi connectivity index (χ3v) is 8.37. The zero-order valence-electron chi connectivity index (χ0n) is 23.9. The van der Waals surface area contributed by atoms with E-state index in [4.69, 9.17) is 23.7 Å². The van der Waals surface area contributed by atoms with Crippen LogP contribution in [-0.2, 0) is 23.7 Å². The first kappa shape index (κ1) is 28.8. The fraction of sp³-hybridized carbons (Fsp3) is 0.645. The summed E-state index contributed by atoms with van der Waals surface area (Å²) in [6, 6.07) is 7.74. The molecule has 6 atom stereocenters. The highest BCUT2D eigenvalue weighted by molar-refractivity contribution is 5.87. The van der Waals surface area contributed by atoms with Crippen LogP contribution in [0.4, 0.5) is 0 Å². The van der Waals surface area contributed by atoms with Crippen molar-refractivity contribution in [1.29, 1.82) is 0 Å². The Hall–Kier alpha value is -2.19. The first-order valence-corrected chi connectivity index (χ1v) is 14.1. The molecule has 2 heterocycles. The number of epoxide rings is 2. The second-order valence-electron chi connectivity index (χ2n) is 11.1. The second-order valence-corrected chi connectivity index (χ2v) is 11.1. The van der Waals surface area contributed by atoms with E-state index in [1.165, 1.54) is 11.6 Å². The van der Waals surface area contributed by atoms with Gasteiger partial charge in [0.25, 0.3) is 0 Å². The summed E-state index contributed by atoms with van der Waals surface area (Å²) >= 11 is 0. The molecule has 1 aromatic carbocycles. The number of nitrogens with zero attached hydrogens (tertiary/aromatic N) is 1. The van der Waals surface area contributed by atoms with Crippen LogP contribution in [0.5, 0.6) is 5.75 Å². The lowest BCUT2D eigenvalue weighted by Crippen LogP contribution is -2.55. The van der Waals surface area contributed by atoms with Gasteiger partial charge in [0, 0.05) is 19.7 Å². The highest BCUT2D eigenvalue weighted by Crippen LogP contribution is 2.59. The van der Waals surface area contributed by atoms with Crippen LogP contribution in [-0.4, -0.2) is 80.3 Å². The first-order chi connectivity index (χ1) is 18.2. The van der Waals surface area contributed by atoms with E-state index in [-0.39, 0.29) is 41.4 Å². The maximum absolute atomic E-state index is 12.8. The van der Waals surface area contributed by atoms with Gasteiger partial charge in [-0.05, 0) is 76.9 Å². The molecular weight excluding hydrogens is 482 g/mol. The average molecular weight is 528 g/mol. The number of methoxy groups -OCH3 is 1. The molecule has 3 fully saturated rings. The molecule has 1 aliphatic carbocycles. The van der Waals surface area contributed by atoms with Crippen molar-refractivity contribution in [2.24, 2.45) is 5.92 Å². The van der Waals surface area contributed by atoms with E-state index < -0.39 is 0 Å². The smallest absolute Gasteiger partial charge is 0.331 e. The molecule has 1 saturated carbocycles. The summed E-state index contributed by atoms with van der Waals surface area (Å²) in [5.41, 5.74) is 1.61. The number of ether oxygens (including phenoxy) is 5. The lowest BCUT2D eigenvalue weighted by Gasteiger charge is -2.42. The van der Waals surface area contributed by atoms with Crippen LogP contribution in [0.2, 0.25) is 0 Å². The van der Waals surface area contributed by atoms with Gasteiger partial charge in [0.05, 0.1) is 18.6 Å². The fourth-order valence-electron chi connectivity index (χ4n) is 5.93. The fourth-order valence-corrected chi connectivity index (χ4v) is 5.93. The van der Waals surface area contributed by atoms with E-state index >= 15 is 0 Å². The maximum atomic E-state index is 12.8. The van der Waals surface area contributed by atoms with E-state index in [0.717, 1.165) is 43.8 Å². The molecule has 38 heavy (non-hydrogen) atoms. The number of hydrogen-bond donors (Lipinski definition) is 0. The number of allylic oxidation sites excluding steroid dienone is 1. The minimum atomic E-state index is -0.369. The van der Waals surface area contributed by atoms with Gasteiger partial charge in [-0.1, -0.05) is 37.6 Å². The van der Waals surface area contributed by atoms with Gasteiger partial charge < -0.3 is 28.6 Å². The SMILES string of the molecule is CCN(CC)CCOc1ccc(C=CC(=O)O[C@@H]2CCC3(CO3)[C@@H]([C@@]3(C)O[C@@H]3CC=C(C)C)[C@@H]2OC)cc1. The molecule has 0 bridgehead atoms. The van der Waals surface area contributed by atoms with Gasteiger partial charge in [-0.2, -0.15) is 0 Å². The van der Waals surface area contributed by atoms with Crippen LogP contribution >= 0.6 is 0 Å². The molecule has 0 radical (unpaired) electrons. The molecule has 1 unspecified atom stereocenters. The molecule has 7 nitrogen and oxygen atoms in total. The summed E-state index contributed by atoms with van der Waals surface area (Å²) in [5, 5.41) is 0. The number of rotatable bonds is 13. The van der Waals surface area contributed by atoms with Crippen molar-refractivity contribution >= 4 is 12.0 Å². The Bertz CT molecular complexity index is 992. The predicted octanol–water partition coefficient (Wildman–Crippen LogP) is 5.04. The summed E-state index contributed by atoms with van der Waals surface area (Å²) in [6.45, 7) is 15.0. The first-order valence-electron chi connectivity index (χ1n) is 14.1. The normalized spacial score (nSPS) is 32.0. The maximum Gasteiger partial charge on any atom is 0.331 e. The molecule has 210 valence electrons. The van der Waals surface area contributed by atoms with E-state index in [0.29, 0.717) is 19.6 Å². The Morgan fingerprint density at radius 2 is 1.89 bits per heavy atom. The third kappa shape index (κ3) is 6.68. The lowest BCUT2D eigenvalue weighted by molar-refractivity contribution is -0.166. The van der Waals surface area contributed by atoms with Gasteiger partial charge in [0.2, 0.25) is 0 Å². The zero-order chi connectivity index (χ0) is 27.3. The minimum absolute atomic E-state index is 0.0142. The van der Waals surface area contributed by atoms with Crippen LogP contribution in [0.1, 0.15) is 59.4 Å². The van der Waals surface area contributed by atoms with Crippen LogP contribution < -0.4 is 4.74 Å². The number of carbonyl (C=O) groups is 1. The van der Waals surface area contributed by atoms with E-state index in [1.807, 2.05) is 24.3 Å². The Labute approximate surface area is 228 Å². The molecule has 2 saturated heterocycles. The van der Waals surface area contributed by atoms with Crippen molar-refractivity contribution in [1.82, 2.24) is 4.90 Å². The van der Waals surface area contributed by atoms with Crippen molar-refractivity contribution in [3.63, 3.8) is 0 Å². The van der Waals surface area contributed by atoms with E-state index in [9.17, 15) is 4.79 Å². The van der Waals surface area contributed by atoms with Crippen LogP contribution in [0.3, 0.4) is 0 Å². The van der Waals surface area contributed by atoms with Gasteiger partial charge >= 0.3 is 5.97 Å². The van der Waals surface area contributed by atoms with Crippen molar-refractivity contribution in [3.05, 3.63) is 47.6 Å². The van der Waals surface area contributed by atoms with Gasteiger partial charge in [-0.3, -0.25) is 0 Å². The summed E-state index contributed by atoms with van der Waals surface area (Å²) < 4.78 is 30.0. The monoisotopic (exact) mass is 527 g/mol. The zero-order valence-corrected chi connectivity index (χ0v) is 23.9. The van der Waals surface area contributed by atoms with Gasteiger partial charge in [0.1, 0.15) is 35.8 Å². The molecule has 0 N–H and O–H groups in total. The van der Waals surface area contributed by atoms with Gasteiger partial charge in [0.15, 0.2) is 0 Å². The van der Waals surface area contributed by atoms with Crippen LogP contribution in [0.15, 0.2) is 42.0 Å². The summed E-state index contributed by atoms with van der Waals surface area (Å²) in [5.74, 6) is 0.467. The molecule has 7 heteroatoms. The number of likely N-dealkylation sites (N-methyl/N-ethyl adjacent to an activating group) is 1. The predicted molar refractivity (Wildman–Crippen MR) is 148 cm³/mol. The Morgan fingerprint density at radius 1 is 1.18 bits per heavy atom. The van der Waals surface area contributed by atoms with E-state index in [1.54, 1.807) is 13.2 Å². The minimum Gasteiger partial charge on any atom is -0.492 e. The number of esters is 1. The molecule has 2 aliphatic heterocycles. The Morgan fingerprint density at radius 3 is 2.50 bits per heavy atom. The molecular formula is C31H45NO6. The molecule has 1 spiro atoms. The highest BCUT2D eigenvalue weighted by Gasteiger charge is 2.72. The standard InChI is InChI=1S/C31H45NO6/c1-7-32(8-2)19-20-35-24-13-10-23(11-14-24)12-16-27(33)37-25-17-18-31(21-36-31)29(28(25)34-6)30(5)26(38-30)15-9-22(3)4/h9-14,16,25-26,28-29H,7-8,15,17-21H2,1-6H3/t25-,26-,28-,29-,30+,31?/m1/s1. The quantitative estimate of drug-likeness (QED) is 0.154.